The van der Waals surface area contributed by atoms with E-state index in [1.54, 1.807) is 12.1 Å². The van der Waals surface area contributed by atoms with Crippen molar-refractivity contribution in [1.29, 1.82) is 0 Å². The van der Waals surface area contributed by atoms with Crippen LogP contribution in [0.5, 0.6) is 5.75 Å². The molecule has 1 aliphatic heterocycles. The van der Waals surface area contributed by atoms with Gasteiger partial charge in [-0.15, -0.1) is 0 Å². The van der Waals surface area contributed by atoms with Crippen LogP contribution in [0.15, 0.2) is 34.9 Å². The van der Waals surface area contributed by atoms with E-state index >= 15 is 0 Å². The molecular weight excluding hydrogens is 474 g/mol. The monoisotopic (exact) mass is 499 g/mol. The van der Waals surface area contributed by atoms with Gasteiger partial charge in [0.1, 0.15) is 11.3 Å². The Morgan fingerprint density at radius 3 is 2.59 bits per heavy atom. The first-order valence-electron chi connectivity index (χ1n) is 10.5. The van der Waals surface area contributed by atoms with Crippen LogP contribution in [0.25, 0.3) is 11.2 Å². The predicted octanol–water partition coefficient (Wildman–Crippen LogP) is 3.04. The summed E-state index contributed by atoms with van der Waals surface area (Å²) in [5.41, 5.74) is 1.82. The first kappa shape index (κ1) is 22.3. The van der Waals surface area contributed by atoms with Gasteiger partial charge in [0, 0.05) is 23.6 Å². The molecule has 0 spiro atoms. The summed E-state index contributed by atoms with van der Waals surface area (Å²) < 4.78 is 6.44. The van der Waals surface area contributed by atoms with Crippen molar-refractivity contribution < 1.29 is 9.53 Å². The fourth-order valence-electron chi connectivity index (χ4n) is 3.67. The van der Waals surface area contributed by atoms with E-state index in [4.69, 9.17) is 4.74 Å². The summed E-state index contributed by atoms with van der Waals surface area (Å²) in [7, 11) is 4.24. The third-order valence-electron chi connectivity index (χ3n) is 5.50. The van der Waals surface area contributed by atoms with Gasteiger partial charge in [0.05, 0.1) is 11.9 Å². The SMILES string of the molecule is Cc1nc(N2CCC(N(C)C)CC2)nc2ncc(NC(=O)COc3ccc(Br)cc3)nc12. The van der Waals surface area contributed by atoms with E-state index in [0.29, 0.717) is 34.7 Å². The minimum atomic E-state index is -0.319. The number of aromatic nitrogens is 4. The van der Waals surface area contributed by atoms with Gasteiger partial charge in [0.2, 0.25) is 5.95 Å². The number of halogens is 1. The number of amides is 1. The van der Waals surface area contributed by atoms with E-state index < -0.39 is 0 Å². The summed E-state index contributed by atoms with van der Waals surface area (Å²) in [6.45, 7) is 3.58. The minimum absolute atomic E-state index is 0.126. The van der Waals surface area contributed by atoms with Crippen LogP contribution in [-0.4, -0.2) is 70.6 Å². The van der Waals surface area contributed by atoms with Crippen molar-refractivity contribution in [1.82, 2.24) is 24.8 Å². The van der Waals surface area contributed by atoms with Crippen LogP contribution >= 0.6 is 15.9 Å². The Balaban J connectivity index is 1.41. The maximum Gasteiger partial charge on any atom is 0.263 e. The number of carbonyl (C=O) groups is 1. The molecule has 0 atom stereocenters. The second kappa shape index (κ2) is 9.74. The number of ether oxygens (including phenoxy) is 1. The van der Waals surface area contributed by atoms with Gasteiger partial charge in [-0.25, -0.2) is 15.0 Å². The van der Waals surface area contributed by atoms with Crippen molar-refractivity contribution in [3.63, 3.8) is 0 Å². The molecule has 1 amide bonds. The van der Waals surface area contributed by atoms with Crippen molar-refractivity contribution in [3.05, 3.63) is 40.6 Å². The number of piperidine rings is 1. The van der Waals surface area contributed by atoms with Gasteiger partial charge in [-0.3, -0.25) is 4.79 Å². The maximum atomic E-state index is 12.3. The second-order valence-electron chi connectivity index (χ2n) is 8.01. The quantitative estimate of drug-likeness (QED) is 0.552. The summed E-state index contributed by atoms with van der Waals surface area (Å²) in [5.74, 6) is 1.31. The Kier molecular flexibility index (Phi) is 6.80. The number of carbonyl (C=O) groups excluding carboxylic acids is 1. The van der Waals surface area contributed by atoms with Gasteiger partial charge in [0.15, 0.2) is 18.1 Å². The number of fused-ring (bicyclic) bond motifs is 1. The number of hydrogen-bond acceptors (Lipinski definition) is 8. The van der Waals surface area contributed by atoms with E-state index in [0.717, 1.165) is 36.1 Å². The van der Waals surface area contributed by atoms with E-state index in [1.165, 1.54) is 6.20 Å². The third-order valence-corrected chi connectivity index (χ3v) is 6.03. The average Bonchev–Trinajstić information content (AvgIpc) is 2.79. The molecular formula is C22H26BrN7O2. The van der Waals surface area contributed by atoms with Gasteiger partial charge < -0.3 is 19.9 Å². The summed E-state index contributed by atoms with van der Waals surface area (Å²) >= 11 is 3.36. The molecule has 0 saturated carbocycles. The molecule has 2 aromatic heterocycles. The molecule has 1 aliphatic rings. The Morgan fingerprint density at radius 1 is 1.19 bits per heavy atom. The third kappa shape index (κ3) is 5.31. The van der Waals surface area contributed by atoms with Crippen LogP contribution < -0.4 is 15.0 Å². The molecule has 1 N–H and O–H groups in total. The number of anilines is 2. The van der Waals surface area contributed by atoms with E-state index in [9.17, 15) is 4.79 Å². The molecule has 4 rings (SSSR count). The molecule has 0 bridgehead atoms. The van der Waals surface area contributed by atoms with Gasteiger partial charge in [-0.1, -0.05) is 15.9 Å². The predicted molar refractivity (Wildman–Crippen MR) is 127 cm³/mol. The molecule has 1 fully saturated rings. The lowest BCUT2D eigenvalue weighted by Crippen LogP contribution is -2.42. The topological polar surface area (TPSA) is 96.4 Å². The Labute approximate surface area is 195 Å². The lowest BCUT2D eigenvalue weighted by atomic mass is 10.0. The van der Waals surface area contributed by atoms with Crippen LogP contribution in [0, 0.1) is 6.92 Å². The number of rotatable bonds is 6. The normalized spacial score (nSPS) is 14.7. The summed E-state index contributed by atoms with van der Waals surface area (Å²) in [5, 5.41) is 2.72. The molecule has 3 aromatic rings. The van der Waals surface area contributed by atoms with Crippen LogP contribution in [0.3, 0.4) is 0 Å². The summed E-state index contributed by atoms with van der Waals surface area (Å²) in [6.07, 6.45) is 3.66. The molecule has 9 nitrogen and oxygen atoms in total. The van der Waals surface area contributed by atoms with Crippen LogP contribution in [0.2, 0.25) is 0 Å². The molecule has 0 radical (unpaired) electrons. The Morgan fingerprint density at radius 2 is 1.91 bits per heavy atom. The fourth-order valence-corrected chi connectivity index (χ4v) is 3.94. The van der Waals surface area contributed by atoms with E-state index in [1.807, 2.05) is 19.1 Å². The fraction of sp³-hybridized carbons (Fsp3) is 0.409. The molecule has 0 unspecified atom stereocenters. The van der Waals surface area contributed by atoms with Gasteiger partial charge in [-0.05, 0) is 58.1 Å². The molecule has 168 valence electrons. The molecule has 3 heterocycles. The molecule has 10 heteroatoms. The zero-order valence-electron chi connectivity index (χ0n) is 18.4. The lowest BCUT2D eigenvalue weighted by molar-refractivity contribution is -0.118. The highest BCUT2D eigenvalue weighted by Gasteiger charge is 2.23. The maximum absolute atomic E-state index is 12.3. The summed E-state index contributed by atoms with van der Waals surface area (Å²) in [4.78, 5) is 34.9. The highest BCUT2D eigenvalue weighted by molar-refractivity contribution is 9.10. The van der Waals surface area contributed by atoms with Crippen molar-refractivity contribution >= 4 is 44.8 Å². The standard InChI is InChI=1S/C22H26BrN7O2/c1-14-20-21(28-22(25-14)30-10-8-16(9-11-30)29(2)3)24-12-18(27-20)26-19(31)13-32-17-6-4-15(23)5-7-17/h4-7,12,16H,8-11,13H2,1-3H3,(H,26,27,31). The van der Waals surface area contributed by atoms with Gasteiger partial charge in [0.25, 0.3) is 5.91 Å². The van der Waals surface area contributed by atoms with Crippen LogP contribution in [0.1, 0.15) is 18.5 Å². The molecule has 1 aromatic carbocycles. The molecule has 32 heavy (non-hydrogen) atoms. The second-order valence-corrected chi connectivity index (χ2v) is 8.92. The highest BCUT2D eigenvalue weighted by Crippen LogP contribution is 2.22. The van der Waals surface area contributed by atoms with E-state index in [-0.39, 0.29) is 12.5 Å². The Hall–Kier alpha value is -2.85. The van der Waals surface area contributed by atoms with Crippen LogP contribution in [-0.2, 0) is 4.79 Å². The Bertz CT molecular complexity index is 1100. The van der Waals surface area contributed by atoms with Crippen molar-refractivity contribution in [2.24, 2.45) is 0 Å². The summed E-state index contributed by atoms with van der Waals surface area (Å²) in [6, 6.07) is 7.86. The zero-order valence-corrected chi connectivity index (χ0v) is 20.0. The smallest absolute Gasteiger partial charge is 0.263 e. The van der Waals surface area contributed by atoms with Gasteiger partial charge in [-0.2, -0.15) is 4.98 Å². The van der Waals surface area contributed by atoms with Gasteiger partial charge >= 0.3 is 0 Å². The highest BCUT2D eigenvalue weighted by atomic mass is 79.9. The first-order valence-corrected chi connectivity index (χ1v) is 11.3. The lowest BCUT2D eigenvalue weighted by Gasteiger charge is -2.35. The molecule has 0 aliphatic carbocycles. The minimum Gasteiger partial charge on any atom is -0.484 e. The number of aryl methyl sites for hydroxylation is 1. The molecule has 1 saturated heterocycles. The van der Waals surface area contributed by atoms with Crippen molar-refractivity contribution in [3.8, 4) is 5.75 Å². The number of nitrogens with one attached hydrogen (secondary N) is 1. The van der Waals surface area contributed by atoms with Crippen LogP contribution in [0.4, 0.5) is 11.8 Å². The average molecular weight is 500 g/mol. The first-order chi connectivity index (χ1) is 15.4. The van der Waals surface area contributed by atoms with Crippen molar-refractivity contribution in [2.45, 2.75) is 25.8 Å². The number of benzene rings is 1. The number of hydrogen-bond donors (Lipinski definition) is 1. The number of nitrogens with zero attached hydrogens (tertiary/aromatic N) is 6. The zero-order chi connectivity index (χ0) is 22.7. The van der Waals surface area contributed by atoms with E-state index in [2.05, 4.69) is 65.1 Å². The largest absolute Gasteiger partial charge is 0.484 e. The van der Waals surface area contributed by atoms with Crippen molar-refractivity contribution in [2.75, 3.05) is 44.0 Å².